The highest BCUT2D eigenvalue weighted by molar-refractivity contribution is 5.24. The van der Waals surface area contributed by atoms with Crippen LogP contribution in [0.2, 0.25) is 0 Å². The number of aliphatic hydroxyl groups is 1. The number of rotatable bonds is 5. The molecular weight excluding hydrogens is 252 g/mol. The van der Waals surface area contributed by atoms with Gasteiger partial charge < -0.3 is 20.5 Å². The topological polar surface area (TPSA) is 58.7 Å². The van der Waals surface area contributed by atoms with E-state index in [-0.39, 0.29) is 12.7 Å². The van der Waals surface area contributed by atoms with Gasteiger partial charge in [-0.1, -0.05) is 30.3 Å². The smallest absolute Gasteiger partial charge is 0.0673 e. The minimum absolute atomic E-state index is 0.0308. The third-order valence-electron chi connectivity index (χ3n) is 4.04. The summed E-state index contributed by atoms with van der Waals surface area (Å²) >= 11 is 0. The van der Waals surface area contributed by atoms with E-state index in [1.54, 1.807) is 0 Å². The lowest BCUT2D eigenvalue weighted by atomic mass is 9.88. The largest absolute Gasteiger partial charge is 0.394 e. The van der Waals surface area contributed by atoms with Crippen molar-refractivity contribution in [2.24, 2.45) is 5.73 Å². The molecule has 0 radical (unpaired) electrons. The Hall–Kier alpha value is -0.940. The van der Waals surface area contributed by atoms with Gasteiger partial charge in [0, 0.05) is 26.2 Å². The molecule has 1 aromatic carbocycles. The summed E-state index contributed by atoms with van der Waals surface area (Å²) in [6, 6.07) is 9.88. The molecule has 4 heteroatoms. The maximum absolute atomic E-state index is 9.71. The maximum Gasteiger partial charge on any atom is 0.0673 e. The molecule has 0 spiro atoms. The molecule has 0 bridgehead atoms. The van der Waals surface area contributed by atoms with Crippen molar-refractivity contribution in [1.82, 2.24) is 4.90 Å². The minimum atomic E-state index is -0.655. The van der Waals surface area contributed by atoms with Gasteiger partial charge in [-0.05, 0) is 25.3 Å². The van der Waals surface area contributed by atoms with Gasteiger partial charge in [0.25, 0.3) is 0 Å². The van der Waals surface area contributed by atoms with Gasteiger partial charge in [-0.25, -0.2) is 0 Å². The van der Waals surface area contributed by atoms with Crippen LogP contribution in [0.25, 0.3) is 0 Å². The van der Waals surface area contributed by atoms with Crippen LogP contribution in [0.5, 0.6) is 0 Å². The van der Waals surface area contributed by atoms with Gasteiger partial charge in [0.1, 0.15) is 0 Å². The van der Waals surface area contributed by atoms with E-state index in [2.05, 4.69) is 11.8 Å². The van der Waals surface area contributed by atoms with Gasteiger partial charge in [0.2, 0.25) is 0 Å². The van der Waals surface area contributed by atoms with Crippen molar-refractivity contribution < 1.29 is 9.84 Å². The zero-order chi connectivity index (χ0) is 14.4. The van der Waals surface area contributed by atoms with Crippen LogP contribution < -0.4 is 5.73 Å². The van der Waals surface area contributed by atoms with E-state index in [9.17, 15) is 5.11 Å². The van der Waals surface area contributed by atoms with Gasteiger partial charge in [0.15, 0.2) is 0 Å². The quantitative estimate of drug-likeness (QED) is 0.853. The molecule has 1 aliphatic heterocycles. The van der Waals surface area contributed by atoms with E-state index in [1.165, 1.54) is 0 Å². The predicted molar refractivity (Wildman–Crippen MR) is 80.5 cm³/mol. The fourth-order valence-electron chi connectivity index (χ4n) is 2.73. The van der Waals surface area contributed by atoms with Gasteiger partial charge in [-0.3, -0.25) is 0 Å². The lowest BCUT2D eigenvalue weighted by Gasteiger charge is -2.31. The lowest BCUT2D eigenvalue weighted by Crippen LogP contribution is -2.44. The monoisotopic (exact) mass is 278 g/mol. The van der Waals surface area contributed by atoms with Crippen LogP contribution in [0.15, 0.2) is 30.3 Å². The molecule has 1 aliphatic rings. The molecule has 2 unspecified atom stereocenters. The van der Waals surface area contributed by atoms with E-state index >= 15 is 0 Å². The molecule has 1 aromatic rings. The highest BCUT2D eigenvalue weighted by atomic mass is 16.5. The summed E-state index contributed by atoms with van der Waals surface area (Å²) in [4.78, 5) is 2.39. The number of hydrogen-bond acceptors (Lipinski definition) is 4. The Morgan fingerprint density at radius 3 is 2.85 bits per heavy atom. The third-order valence-corrected chi connectivity index (χ3v) is 4.04. The van der Waals surface area contributed by atoms with Crippen LogP contribution in [-0.2, 0) is 10.3 Å². The van der Waals surface area contributed by atoms with Gasteiger partial charge in [0.05, 0.1) is 18.2 Å². The predicted octanol–water partition coefficient (Wildman–Crippen LogP) is 1.33. The Balaban J connectivity index is 1.96. The van der Waals surface area contributed by atoms with Crippen molar-refractivity contribution in [3.8, 4) is 0 Å². The van der Waals surface area contributed by atoms with Crippen LogP contribution in [0.4, 0.5) is 0 Å². The normalized spacial score (nSPS) is 24.1. The highest BCUT2D eigenvalue weighted by Gasteiger charge is 2.27. The minimum Gasteiger partial charge on any atom is -0.394 e. The van der Waals surface area contributed by atoms with E-state index in [0.717, 1.165) is 44.6 Å². The van der Waals surface area contributed by atoms with Crippen LogP contribution in [0.3, 0.4) is 0 Å². The first-order valence-electron chi connectivity index (χ1n) is 7.43. The molecule has 1 fully saturated rings. The van der Waals surface area contributed by atoms with Crippen molar-refractivity contribution in [2.45, 2.75) is 31.4 Å². The highest BCUT2D eigenvalue weighted by Crippen LogP contribution is 2.22. The number of hydrogen-bond donors (Lipinski definition) is 2. The van der Waals surface area contributed by atoms with Crippen LogP contribution in [0, 0.1) is 0 Å². The van der Waals surface area contributed by atoms with Crippen molar-refractivity contribution in [3.05, 3.63) is 35.9 Å². The van der Waals surface area contributed by atoms with Gasteiger partial charge in [-0.2, -0.15) is 0 Å². The summed E-state index contributed by atoms with van der Waals surface area (Å²) in [6.07, 6.45) is 2.09. The standard InChI is InChI=1S/C16H26N2O2/c1-14-12-18(9-5-11-20-14)10-8-16(17,13-19)15-6-3-2-4-7-15/h2-4,6-7,14,19H,5,8-13,17H2,1H3. The summed E-state index contributed by atoms with van der Waals surface area (Å²) in [6.45, 7) is 5.79. The average molecular weight is 278 g/mol. The molecule has 1 heterocycles. The van der Waals surface area contributed by atoms with Crippen molar-refractivity contribution in [1.29, 1.82) is 0 Å². The lowest BCUT2D eigenvalue weighted by molar-refractivity contribution is 0.0656. The summed E-state index contributed by atoms with van der Waals surface area (Å²) in [5.74, 6) is 0. The fraction of sp³-hybridized carbons (Fsp3) is 0.625. The number of ether oxygens (including phenoxy) is 1. The second-order valence-electron chi connectivity index (χ2n) is 5.77. The second-order valence-corrected chi connectivity index (χ2v) is 5.77. The first-order valence-corrected chi connectivity index (χ1v) is 7.43. The zero-order valence-electron chi connectivity index (χ0n) is 12.3. The number of aliphatic hydroxyl groups excluding tert-OH is 1. The van der Waals surface area contributed by atoms with Crippen LogP contribution in [0.1, 0.15) is 25.3 Å². The second kappa shape index (κ2) is 7.18. The Labute approximate surface area is 121 Å². The Morgan fingerprint density at radius 2 is 2.15 bits per heavy atom. The molecule has 2 atom stereocenters. The average Bonchev–Trinajstić information content (AvgIpc) is 2.70. The SMILES string of the molecule is CC1CN(CCC(N)(CO)c2ccccc2)CCCO1. The molecular formula is C16H26N2O2. The molecule has 112 valence electrons. The van der Waals surface area contributed by atoms with E-state index in [4.69, 9.17) is 10.5 Å². The van der Waals surface area contributed by atoms with E-state index in [0.29, 0.717) is 0 Å². The molecule has 3 N–H and O–H groups in total. The molecule has 2 rings (SSSR count). The Bertz CT molecular complexity index is 399. The number of nitrogens with two attached hydrogens (primary N) is 1. The van der Waals surface area contributed by atoms with E-state index < -0.39 is 5.54 Å². The van der Waals surface area contributed by atoms with Crippen molar-refractivity contribution in [2.75, 3.05) is 32.8 Å². The summed E-state index contributed by atoms with van der Waals surface area (Å²) in [5, 5.41) is 9.71. The van der Waals surface area contributed by atoms with E-state index in [1.807, 2.05) is 30.3 Å². The Morgan fingerprint density at radius 1 is 1.40 bits per heavy atom. The third kappa shape index (κ3) is 4.03. The molecule has 0 saturated carbocycles. The zero-order valence-corrected chi connectivity index (χ0v) is 12.3. The molecule has 0 aliphatic carbocycles. The molecule has 0 amide bonds. The molecule has 1 saturated heterocycles. The van der Waals surface area contributed by atoms with Gasteiger partial charge in [-0.15, -0.1) is 0 Å². The first kappa shape index (κ1) is 15.4. The molecule has 4 nitrogen and oxygen atoms in total. The summed E-state index contributed by atoms with van der Waals surface area (Å²) < 4.78 is 5.65. The first-order chi connectivity index (χ1) is 9.64. The Kier molecular flexibility index (Phi) is 5.54. The molecule has 0 aromatic heterocycles. The van der Waals surface area contributed by atoms with Gasteiger partial charge >= 0.3 is 0 Å². The van der Waals surface area contributed by atoms with Crippen molar-refractivity contribution in [3.63, 3.8) is 0 Å². The molecule has 20 heavy (non-hydrogen) atoms. The fourth-order valence-corrected chi connectivity index (χ4v) is 2.73. The van der Waals surface area contributed by atoms with Crippen molar-refractivity contribution >= 4 is 0 Å². The summed E-state index contributed by atoms with van der Waals surface area (Å²) in [7, 11) is 0. The number of nitrogens with zero attached hydrogens (tertiary/aromatic N) is 1. The van der Waals surface area contributed by atoms with Crippen LogP contribution in [-0.4, -0.2) is 49.0 Å². The van der Waals surface area contributed by atoms with Crippen LogP contribution >= 0.6 is 0 Å². The maximum atomic E-state index is 9.71. The number of benzene rings is 1. The summed E-state index contributed by atoms with van der Waals surface area (Å²) in [5.41, 5.74) is 6.75.